The Morgan fingerprint density at radius 3 is 2.80 bits per heavy atom. The molecule has 0 N–H and O–H groups in total. The van der Waals surface area contributed by atoms with E-state index >= 15 is 0 Å². The summed E-state index contributed by atoms with van der Waals surface area (Å²) in [5, 5.41) is 0.607. The van der Waals surface area contributed by atoms with Crippen molar-refractivity contribution in [1.82, 2.24) is 19.4 Å². The van der Waals surface area contributed by atoms with Gasteiger partial charge in [-0.3, -0.25) is 0 Å². The molecule has 0 aromatic carbocycles. The lowest BCUT2D eigenvalue weighted by Crippen LogP contribution is -2.27. The molecule has 1 aliphatic heterocycles. The average Bonchev–Trinajstić information content (AvgIpc) is 3.04. The second-order valence-electron chi connectivity index (χ2n) is 5.38. The zero-order chi connectivity index (χ0) is 14.1. The van der Waals surface area contributed by atoms with Crippen LogP contribution in [0.1, 0.15) is 31.6 Å². The first-order valence-corrected chi connectivity index (χ1v) is 7.91. The molecule has 6 heteroatoms. The summed E-state index contributed by atoms with van der Waals surface area (Å²) in [6, 6.07) is 2.15. The van der Waals surface area contributed by atoms with Gasteiger partial charge in [0.25, 0.3) is 0 Å². The van der Waals surface area contributed by atoms with Crippen molar-refractivity contribution in [2.24, 2.45) is 0 Å². The summed E-state index contributed by atoms with van der Waals surface area (Å²) in [5.74, 6) is 1.25. The highest BCUT2D eigenvalue weighted by Crippen LogP contribution is 2.24. The molecule has 1 unspecified atom stereocenters. The van der Waals surface area contributed by atoms with Crippen LogP contribution < -0.4 is 0 Å². The van der Waals surface area contributed by atoms with Gasteiger partial charge in [-0.15, -0.1) is 11.6 Å². The highest BCUT2D eigenvalue weighted by Gasteiger charge is 2.20. The lowest BCUT2D eigenvalue weighted by molar-refractivity contribution is 0.288. The van der Waals surface area contributed by atoms with Gasteiger partial charge in [-0.05, 0) is 38.9 Å². The Labute approximate surface area is 128 Å². The molecule has 3 rings (SSSR count). The van der Waals surface area contributed by atoms with Crippen molar-refractivity contribution < 1.29 is 0 Å². The fourth-order valence-corrected chi connectivity index (χ4v) is 3.32. The van der Waals surface area contributed by atoms with Crippen molar-refractivity contribution in [1.29, 1.82) is 0 Å². The predicted octanol–water partition coefficient (Wildman–Crippen LogP) is 3.48. The van der Waals surface area contributed by atoms with E-state index in [1.54, 1.807) is 6.20 Å². The lowest BCUT2D eigenvalue weighted by Gasteiger charge is -2.22. The van der Waals surface area contributed by atoms with Crippen molar-refractivity contribution in [3.63, 3.8) is 0 Å². The Balaban J connectivity index is 1.95. The number of aromatic nitrogens is 3. The zero-order valence-corrected chi connectivity index (χ0v) is 13.0. The molecule has 2 aromatic heterocycles. The van der Waals surface area contributed by atoms with Crippen LogP contribution in [0.15, 0.2) is 12.3 Å². The van der Waals surface area contributed by atoms with Crippen LogP contribution in [0.4, 0.5) is 0 Å². The van der Waals surface area contributed by atoms with Gasteiger partial charge >= 0.3 is 0 Å². The number of likely N-dealkylation sites (tertiary alicyclic amines) is 1. The van der Waals surface area contributed by atoms with Crippen molar-refractivity contribution in [2.45, 2.75) is 31.7 Å². The molecule has 3 heterocycles. The van der Waals surface area contributed by atoms with Crippen LogP contribution in [-0.2, 0) is 5.88 Å². The highest BCUT2D eigenvalue weighted by atomic mass is 35.5. The third kappa shape index (κ3) is 2.65. The fraction of sp³-hybridized carbons (Fsp3) is 0.571. The quantitative estimate of drug-likeness (QED) is 0.810. The topological polar surface area (TPSA) is 34.0 Å². The normalized spacial score (nSPS) is 17.9. The number of rotatable bonds is 4. The molecule has 1 fully saturated rings. The van der Waals surface area contributed by atoms with E-state index in [0.29, 0.717) is 16.9 Å². The Morgan fingerprint density at radius 1 is 1.35 bits per heavy atom. The van der Waals surface area contributed by atoms with Crippen LogP contribution in [0, 0.1) is 0 Å². The van der Waals surface area contributed by atoms with Crippen LogP contribution in [0.3, 0.4) is 0 Å². The molecule has 0 spiro atoms. The Kier molecular flexibility index (Phi) is 4.15. The molecule has 0 aliphatic carbocycles. The first kappa shape index (κ1) is 14.1. The minimum Gasteiger partial charge on any atom is -0.308 e. The lowest BCUT2D eigenvalue weighted by atomic mass is 10.3. The molecule has 0 bridgehead atoms. The van der Waals surface area contributed by atoms with Crippen molar-refractivity contribution in [3.8, 4) is 0 Å². The molecular formula is C14H18Cl2N4. The summed E-state index contributed by atoms with van der Waals surface area (Å²) in [5.41, 5.74) is 1.69. The number of hydrogen-bond acceptors (Lipinski definition) is 3. The number of hydrogen-bond donors (Lipinski definition) is 0. The Morgan fingerprint density at radius 2 is 2.10 bits per heavy atom. The van der Waals surface area contributed by atoms with Crippen LogP contribution in [-0.4, -0.2) is 39.1 Å². The molecule has 1 saturated heterocycles. The van der Waals surface area contributed by atoms with Crippen LogP contribution in [0.5, 0.6) is 0 Å². The molecule has 108 valence electrons. The van der Waals surface area contributed by atoms with Gasteiger partial charge in [0.05, 0.1) is 10.9 Å². The molecule has 1 aliphatic rings. The number of halogens is 2. The third-order valence-electron chi connectivity index (χ3n) is 3.85. The van der Waals surface area contributed by atoms with Gasteiger partial charge in [0, 0.05) is 18.8 Å². The number of pyridine rings is 1. The zero-order valence-electron chi connectivity index (χ0n) is 11.5. The number of alkyl halides is 1. The van der Waals surface area contributed by atoms with E-state index in [1.807, 2.05) is 6.07 Å². The van der Waals surface area contributed by atoms with Gasteiger partial charge < -0.3 is 9.47 Å². The summed E-state index contributed by atoms with van der Waals surface area (Å²) in [7, 11) is 0. The highest BCUT2D eigenvalue weighted by molar-refractivity contribution is 6.31. The van der Waals surface area contributed by atoms with E-state index in [1.165, 1.54) is 25.9 Å². The van der Waals surface area contributed by atoms with Gasteiger partial charge in [0.15, 0.2) is 5.65 Å². The average molecular weight is 313 g/mol. The van der Waals surface area contributed by atoms with E-state index in [-0.39, 0.29) is 0 Å². The van der Waals surface area contributed by atoms with Gasteiger partial charge in [-0.1, -0.05) is 11.6 Å². The van der Waals surface area contributed by atoms with Gasteiger partial charge in [0.1, 0.15) is 11.3 Å². The number of nitrogens with zero attached hydrogens (tertiary/aromatic N) is 4. The van der Waals surface area contributed by atoms with Crippen molar-refractivity contribution >= 4 is 34.4 Å². The van der Waals surface area contributed by atoms with Gasteiger partial charge in [0.2, 0.25) is 0 Å². The molecule has 4 nitrogen and oxygen atoms in total. The molecule has 0 amide bonds. The van der Waals surface area contributed by atoms with E-state index in [0.717, 1.165) is 23.5 Å². The van der Waals surface area contributed by atoms with E-state index < -0.39 is 0 Å². The molecule has 0 radical (unpaired) electrons. The summed E-state index contributed by atoms with van der Waals surface area (Å²) in [6.45, 7) is 5.59. The molecular weight excluding hydrogens is 295 g/mol. The number of fused-ring (bicyclic) bond motifs is 1. The third-order valence-corrected chi connectivity index (χ3v) is 4.30. The van der Waals surface area contributed by atoms with Crippen LogP contribution >= 0.6 is 23.2 Å². The first-order valence-electron chi connectivity index (χ1n) is 6.99. The maximum Gasteiger partial charge on any atom is 0.160 e. The number of imidazole rings is 1. The summed E-state index contributed by atoms with van der Waals surface area (Å²) in [6.07, 6.45) is 4.27. The summed E-state index contributed by atoms with van der Waals surface area (Å²) in [4.78, 5) is 11.5. The minimum atomic E-state index is 0.306. The standard InChI is InChI=1S/C14H18Cl2N4/c1-10(9-19-4-2-3-5-19)20-13(7-15)18-12-6-11(16)8-17-14(12)20/h6,8,10H,2-5,7,9H2,1H3. The van der Waals surface area contributed by atoms with Crippen molar-refractivity contribution in [3.05, 3.63) is 23.1 Å². The Hall–Kier alpha value is -0.840. The van der Waals surface area contributed by atoms with Gasteiger partial charge in [-0.25, -0.2) is 9.97 Å². The summed E-state index contributed by atoms with van der Waals surface area (Å²) < 4.78 is 2.15. The summed E-state index contributed by atoms with van der Waals surface area (Å²) >= 11 is 12.0. The first-order chi connectivity index (χ1) is 9.69. The molecule has 1 atom stereocenters. The minimum absolute atomic E-state index is 0.306. The second kappa shape index (κ2) is 5.88. The van der Waals surface area contributed by atoms with Gasteiger partial charge in [-0.2, -0.15) is 0 Å². The maximum absolute atomic E-state index is 6.05. The predicted molar refractivity (Wildman–Crippen MR) is 82.5 cm³/mol. The monoisotopic (exact) mass is 312 g/mol. The SMILES string of the molecule is CC(CN1CCCC1)n1c(CCl)nc2cc(Cl)cnc21. The Bertz CT molecular complexity index is 604. The van der Waals surface area contributed by atoms with E-state index in [2.05, 4.69) is 26.4 Å². The molecule has 2 aromatic rings. The largest absolute Gasteiger partial charge is 0.308 e. The fourth-order valence-electron chi connectivity index (χ4n) is 2.98. The second-order valence-corrected chi connectivity index (χ2v) is 6.09. The maximum atomic E-state index is 6.05. The van der Waals surface area contributed by atoms with Crippen LogP contribution in [0.25, 0.3) is 11.2 Å². The molecule has 0 saturated carbocycles. The van der Waals surface area contributed by atoms with E-state index in [4.69, 9.17) is 23.2 Å². The van der Waals surface area contributed by atoms with Crippen LogP contribution in [0.2, 0.25) is 5.02 Å². The molecule has 20 heavy (non-hydrogen) atoms. The van der Waals surface area contributed by atoms with Crippen molar-refractivity contribution in [2.75, 3.05) is 19.6 Å². The van der Waals surface area contributed by atoms with E-state index in [9.17, 15) is 0 Å². The smallest absolute Gasteiger partial charge is 0.160 e.